The third-order valence-electron chi connectivity index (χ3n) is 3.62. The monoisotopic (exact) mass is 397 g/mol. The molecule has 1 heterocycles. The second kappa shape index (κ2) is 8.25. The molecule has 0 unspecified atom stereocenters. The van der Waals surface area contributed by atoms with E-state index >= 15 is 0 Å². The Hall–Kier alpha value is -1.51. The van der Waals surface area contributed by atoms with E-state index in [0.29, 0.717) is 41.8 Å². The fourth-order valence-corrected chi connectivity index (χ4v) is 2.95. The maximum Gasteiger partial charge on any atom is 0.405 e. The second-order valence-electron chi connectivity index (χ2n) is 5.62. The smallest absolute Gasteiger partial charge is 0.346 e. The van der Waals surface area contributed by atoms with Gasteiger partial charge in [0.1, 0.15) is 6.54 Å². The Morgan fingerprint density at radius 1 is 1.04 bits per heavy atom. The molecule has 1 N–H and O–H groups in total. The third kappa shape index (κ3) is 6.37. The van der Waals surface area contributed by atoms with Crippen molar-refractivity contribution in [1.29, 1.82) is 0 Å². The van der Waals surface area contributed by atoms with Crippen LogP contribution in [0.1, 0.15) is 10.4 Å². The fraction of sp³-hybridized carbons (Fsp3) is 0.467. The van der Waals surface area contributed by atoms with Crippen molar-refractivity contribution in [2.24, 2.45) is 0 Å². The van der Waals surface area contributed by atoms with Gasteiger partial charge >= 0.3 is 6.18 Å². The summed E-state index contributed by atoms with van der Waals surface area (Å²) in [6, 6.07) is 4.57. The normalized spacial score (nSPS) is 16.0. The van der Waals surface area contributed by atoms with E-state index in [1.807, 2.05) is 5.32 Å². The summed E-state index contributed by atoms with van der Waals surface area (Å²) < 4.78 is 36.2. The minimum atomic E-state index is -4.43. The van der Waals surface area contributed by atoms with Gasteiger partial charge in [-0.3, -0.25) is 14.5 Å². The summed E-state index contributed by atoms with van der Waals surface area (Å²) in [6.07, 6.45) is -4.43. The number of hydrogen-bond donors (Lipinski definition) is 1. The molecule has 10 heteroatoms. The largest absolute Gasteiger partial charge is 0.405 e. The highest BCUT2D eigenvalue weighted by Gasteiger charge is 2.29. The molecule has 25 heavy (non-hydrogen) atoms. The number of halogens is 5. The minimum Gasteiger partial charge on any atom is -0.346 e. The molecule has 1 aromatic carbocycles. The van der Waals surface area contributed by atoms with Crippen LogP contribution in [0.25, 0.3) is 0 Å². The molecular formula is C15H16Cl2F3N3O2. The van der Waals surface area contributed by atoms with Gasteiger partial charge in [0.2, 0.25) is 5.91 Å². The van der Waals surface area contributed by atoms with Gasteiger partial charge in [0, 0.05) is 41.8 Å². The number of carbonyl (C=O) groups excluding carboxylic acids is 2. The standard InChI is InChI=1S/C15H16Cl2F3N3O2/c16-11-5-10(6-12(17)7-11)14(25)23-3-1-22(2-4-23)8-13(24)21-9-15(18,19)20/h5-7H,1-4,8-9H2,(H,21,24). The average Bonchev–Trinajstić information content (AvgIpc) is 2.51. The summed E-state index contributed by atoms with van der Waals surface area (Å²) in [5.41, 5.74) is 0.369. The van der Waals surface area contributed by atoms with E-state index < -0.39 is 18.6 Å². The van der Waals surface area contributed by atoms with Crippen molar-refractivity contribution in [3.05, 3.63) is 33.8 Å². The molecule has 1 saturated heterocycles. The first-order valence-corrected chi connectivity index (χ1v) is 8.21. The molecule has 1 aliphatic heterocycles. The molecule has 138 valence electrons. The summed E-state index contributed by atoms with van der Waals surface area (Å²) >= 11 is 11.8. The minimum absolute atomic E-state index is 0.138. The summed E-state index contributed by atoms with van der Waals surface area (Å²) in [6.45, 7) is 0.00486. The summed E-state index contributed by atoms with van der Waals surface area (Å²) in [5.74, 6) is -0.927. The van der Waals surface area contributed by atoms with Crippen LogP contribution < -0.4 is 5.32 Å². The van der Waals surface area contributed by atoms with Crippen LogP contribution in [0.4, 0.5) is 13.2 Å². The van der Waals surface area contributed by atoms with Crippen molar-refractivity contribution in [2.45, 2.75) is 6.18 Å². The molecular weight excluding hydrogens is 382 g/mol. The first kappa shape index (κ1) is 19.8. The van der Waals surface area contributed by atoms with Crippen LogP contribution in [0.15, 0.2) is 18.2 Å². The molecule has 0 atom stereocenters. The van der Waals surface area contributed by atoms with Gasteiger partial charge in [0.15, 0.2) is 0 Å². The highest BCUT2D eigenvalue weighted by atomic mass is 35.5. The van der Waals surface area contributed by atoms with Crippen LogP contribution in [0.2, 0.25) is 10.0 Å². The van der Waals surface area contributed by atoms with Crippen molar-refractivity contribution < 1.29 is 22.8 Å². The van der Waals surface area contributed by atoms with E-state index in [1.165, 1.54) is 18.2 Å². The van der Waals surface area contributed by atoms with Crippen molar-refractivity contribution in [2.75, 3.05) is 39.3 Å². The number of alkyl halides is 3. The van der Waals surface area contributed by atoms with Crippen molar-refractivity contribution in [3.63, 3.8) is 0 Å². The van der Waals surface area contributed by atoms with Gasteiger partial charge < -0.3 is 10.2 Å². The molecule has 2 rings (SSSR count). The predicted octanol–water partition coefficient (Wildman–Crippen LogP) is 2.43. The van der Waals surface area contributed by atoms with E-state index in [4.69, 9.17) is 23.2 Å². The number of carbonyl (C=O) groups is 2. The molecule has 1 aliphatic rings. The number of nitrogens with zero attached hydrogens (tertiary/aromatic N) is 2. The van der Waals surface area contributed by atoms with E-state index in [2.05, 4.69) is 0 Å². The van der Waals surface area contributed by atoms with Crippen LogP contribution in [-0.4, -0.2) is 67.1 Å². The lowest BCUT2D eigenvalue weighted by molar-refractivity contribution is -0.139. The Morgan fingerprint density at radius 3 is 2.12 bits per heavy atom. The number of amides is 2. The van der Waals surface area contributed by atoms with Gasteiger partial charge in [-0.1, -0.05) is 23.2 Å². The highest BCUT2D eigenvalue weighted by molar-refractivity contribution is 6.35. The molecule has 0 radical (unpaired) electrons. The number of nitrogens with one attached hydrogen (secondary N) is 1. The Morgan fingerprint density at radius 2 is 1.60 bits per heavy atom. The molecule has 0 aromatic heterocycles. The zero-order valence-corrected chi connectivity index (χ0v) is 14.6. The average molecular weight is 398 g/mol. The molecule has 0 aliphatic carbocycles. The van der Waals surface area contributed by atoms with Gasteiger partial charge in [-0.15, -0.1) is 0 Å². The second-order valence-corrected chi connectivity index (χ2v) is 6.49. The maximum absolute atomic E-state index is 12.4. The first-order chi connectivity index (χ1) is 11.6. The predicted molar refractivity (Wildman–Crippen MR) is 87.9 cm³/mol. The maximum atomic E-state index is 12.4. The summed E-state index contributed by atoms with van der Waals surface area (Å²) in [4.78, 5) is 27.2. The Labute approximate surface area is 152 Å². The van der Waals surface area contributed by atoms with E-state index in [1.54, 1.807) is 9.80 Å². The molecule has 0 saturated carbocycles. The number of hydrogen-bond acceptors (Lipinski definition) is 3. The van der Waals surface area contributed by atoms with E-state index in [-0.39, 0.29) is 12.5 Å². The van der Waals surface area contributed by atoms with E-state index in [0.717, 1.165) is 0 Å². The Kier molecular flexibility index (Phi) is 6.53. The lowest BCUT2D eigenvalue weighted by Gasteiger charge is -2.34. The molecule has 1 aromatic rings. The summed E-state index contributed by atoms with van der Waals surface area (Å²) in [5, 5.41) is 2.54. The van der Waals surface area contributed by atoms with Gasteiger partial charge in [0.25, 0.3) is 5.91 Å². The zero-order valence-electron chi connectivity index (χ0n) is 13.1. The molecule has 0 spiro atoms. The van der Waals surface area contributed by atoms with Crippen molar-refractivity contribution in [1.82, 2.24) is 15.1 Å². The molecule has 1 fully saturated rings. The van der Waals surface area contributed by atoms with Crippen LogP contribution >= 0.6 is 23.2 Å². The van der Waals surface area contributed by atoms with Crippen molar-refractivity contribution in [3.8, 4) is 0 Å². The molecule has 5 nitrogen and oxygen atoms in total. The number of rotatable bonds is 4. The Balaban J connectivity index is 1.83. The van der Waals surface area contributed by atoms with Crippen LogP contribution in [0.3, 0.4) is 0 Å². The fourth-order valence-electron chi connectivity index (χ4n) is 2.43. The number of piperazine rings is 1. The van der Waals surface area contributed by atoms with Gasteiger partial charge in [0.05, 0.1) is 6.54 Å². The van der Waals surface area contributed by atoms with Gasteiger partial charge in [-0.25, -0.2) is 0 Å². The van der Waals surface area contributed by atoms with Gasteiger partial charge in [-0.2, -0.15) is 13.2 Å². The number of benzene rings is 1. The lowest BCUT2D eigenvalue weighted by Crippen LogP contribution is -2.51. The van der Waals surface area contributed by atoms with E-state index in [9.17, 15) is 22.8 Å². The molecule has 2 amide bonds. The highest BCUT2D eigenvalue weighted by Crippen LogP contribution is 2.20. The lowest BCUT2D eigenvalue weighted by atomic mass is 10.2. The quantitative estimate of drug-likeness (QED) is 0.848. The van der Waals surface area contributed by atoms with Gasteiger partial charge in [-0.05, 0) is 18.2 Å². The topological polar surface area (TPSA) is 52.7 Å². The first-order valence-electron chi connectivity index (χ1n) is 7.45. The molecule has 0 bridgehead atoms. The zero-order chi connectivity index (χ0) is 18.6. The Bertz CT molecular complexity index is 627. The summed E-state index contributed by atoms with van der Waals surface area (Å²) in [7, 11) is 0. The van der Waals surface area contributed by atoms with Crippen molar-refractivity contribution >= 4 is 35.0 Å². The van der Waals surface area contributed by atoms with Crippen LogP contribution in [-0.2, 0) is 4.79 Å². The SMILES string of the molecule is O=C(CN1CCN(C(=O)c2cc(Cl)cc(Cl)c2)CC1)NCC(F)(F)F. The third-order valence-corrected chi connectivity index (χ3v) is 4.06. The van der Waals surface area contributed by atoms with Crippen LogP contribution in [0, 0.1) is 0 Å². The van der Waals surface area contributed by atoms with Crippen LogP contribution in [0.5, 0.6) is 0 Å².